The Balaban J connectivity index is 1.54. The van der Waals surface area contributed by atoms with Crippen molar-refractivity contribution in [3.8, 4) is 0 Å². The molecule has 22 heavy (non-hydrogen) atoms. The molecule has 1 aromatic rings. The molecule has 1 aromatic heterocycles. The summed E-state index contributed by atoms with van der Waals surface area (Å²) in [7, 11) is 0. The molecule has 0 radical (unpaired) electrons. The summed E-state index contributed by atoms with van der Waals surface area (Å²) >= 11 is 0. The molecule has 0 spiro atoms. The van der Waals surface area contributed by atoms with Gasteiger partial charge >= 0.3 is 0 Å². The van der Waals surface area contributed by atoms with Crippen LogP contribution >= 0.6 is 0 Å². The molecule has 3 rings (SSSR count). The summed E-state index contributed by atoms with van der Waals surface area (Å²) in [6, 6.07) is 0.369. The number of nitrogens with zero attached hydrogens (tertiary/aromatic N) is 3. The monoisotopic (exact) mass is 305 g/mol. The van der Waals surface area contributed by atoms with Crippen molar-refractivity contribution in [1.29, 1.82) is 0 Å². The van der Waals surface area contributed by atoms with Gasteiger partial charge in [0.15, 0.2) is 5.69 Å². The van der Waals surface area contributed by atoms with E-state index in [1.807, 2.05) is 11.6 Å². The van der Waals surface area contributed by atoms with Gasteiger partial charge in [0.2, 0.25) is 0 Å². The van der Waals surface area contributed by atoms with E-state index < -0.39 is 0 Å². The first-order valence-corrected chi connectivity index (χ1v) is 8.66. The fraction of sp³-hybridized carbons (Fsp3) is 0.812. The molecule has 2 aliphatic rings. The maximum atomic E-state index is 12.3. The van der Waals surface area contributed by atoms with Gasteiger partial charge in [-0.1, -0.05) is 30.9 Å². The van der Waals surface area contributed by atoms with Crippen LogP contribution in [0.1, 0.15) is 67.2 Å². The predicted octanol–water partition coefficient (Wildman–Crippen LogP) is 1.82. The third kappa shape index (κ3) is 3.48. The van der Waals surface area contributed by atoms with Gasteiger partial charge in [-0.3, -0.25) is 4.79 Å². The Kier molecular flexibility index (Phi) is 5.08. The molecule has 2 fully saturated rings. The van der Waals surface area contributed by atoms with Gasteiger partial charge in [0.05, 0.1) is 11.7 Å². The average molecular weight is 305 g/mol. The Hall–Kier alpha value is -1.43. The number of rotatable bonds is 5. The third-order valence-corrected chi connectivity index (χ3v) is 5.11. The molecule has 2 N–H and O–H groups in total. The van der Waals surface area contributed by atoms with Gasteiger partial charge in [0.25, 0.3) is 5.91 Å². The van der Waals surface area contributed by atoms with Crippen molar-refractivity contribution in [2.45, 2.75) is 57.9 Å². The lowest BCUT2D eigenvalue weighted by Crippen LogP contribution is -2.30. The molecule has 1 aliphatic carbocycles. The molecule has 122 valence electrons. The Morgan fingerprint density at radius 2 is 2.00 bits per heavy atom. The molecule has 1 saturated carbocycles. The van der Waals surface area contributed by atoms with Crippen molar-refractivity contribution in [3.63, 3.8) is 0 Å². The molecule has 0 unspecified atom stereocenters. The smallest absolute Gasteiger partial charge is 0.273 e. The highest BCUT2D eigenvalue weighted by atomic mass is 16.2. The number of carbonyl (C=O) groups excluding carboxylic acids is 1. The zero-order chi connectivity index (χ0) is 15.4. The van der Waals surface area contributed by atoms with Crippen LogP contribution in [0.5, 0.6) is 0 Å². The fourth-order valence-electron chi connectivity index (χ4n) is 3.72. The van der Waals surface area contributed by atoms with Gasteiger partial charge in [-0.05, 0) is 45.2 Å². The number of hydrogen-bond donors (Lipinski definition) is 2. The van der Waals surface area contributed by atoms with Gasteiger partial charge in [0, 0.05) is 6.54 Å². The molecule has 1 saturated heterocycles. The van der Waals surface area contributed by atoms with Gasteiger partial charge in [-0.2, -0.15) is 0 Å². The number of hydrogen-bond acceptors (Lipinski definition) is 4. The van der Waals surface area contributed by atoms with E-state index in [0.29, 0.717) is 11.7 Å². The highest BCUT2D eigenvalue weighted by molar-refractivity contribution is 5.93. The first-order chi connectivity index (χ1) is 10.8. The third-order valence-electron chi connectivity index (χ3n) is 5.11. The van der Waals surface area contributed by atoms with Crippen LogP contribution in [-0.4, -0.2) is 40.5 Å². The van der Waals surface area contributed by atoms with Crippen molar-refractivity contribution in [3.05, 3.63) is 11.4 Å². The number of aromatic nitrogens is 3. The van der Waals surface area contributed by atoms with E-state index >= 15 is 0 Å². The molecule has 0 atom stereocenters. The van der Waals surface area contributed by atoms with Crippen LogP contribution in [0.25, 0.3) is 0 Å². The molecular weight excluding hydrogens is 278 g/mol. The van der Waals surface area contributed by atoms with Crippen LogP contribution in [-0.2, 0) is 0 Å². The van der Waals surface area contributed by atoms with Crippen molar-refractivity contribution < 1.29 is 4.79 Å². The molecule has 1 amide bonds. The summed E-state index contributed by atoms with van der Waals surface area (Å²) in [5.41, 5.74) is 1.38. The lowest BCUT2D eigenvalue weighted by molar-refractivity contribution is 0.0945. The second kappa shape index (κ2) is 7.22. The van der Waals surface area contributed by atoms with E-state index in [0.717, 1.165) is 50.5 Å². The van der Waals surface area contributed by atoms with E-state index in [1.165, 1.54) is 25.7 Å². The van der Waals surface area contributed by atoms with E-state index in [-0.39, 0.29) is 5.91 Å². The van der Waals surface area contributed by atoms with Gasteiger partial charge in [-0.15, -0.1) is 5.10 Å². The summed E-state index contributed by atoms with van der Waals surface area (Å²) in [6.45, 7) is 4.72. The first-order valence-electron chi connectivity index (χ1n) is 8.66. The van der Waals surface area contributed by atoms with Crippen LogP contribution in [0.15, 0.2) is 0 Å². The molecule has 1 aliphatic heterocycles. The largest absolute Gasteiger partial charge is 0.351 e. The van der Waals surface area contributed by atoms with Gasteiger partial charge in [0.1, 0.15) is 0 Å². The minimum absolute atomic E-state index is 0.0734. The van der Waals surface area contributed by atoms with Crippen LogP contribution in [0, 0.1) is 12.8 Å². The number of carbonyl (C=O) groups is 1. The fourth-order valence-corrected chi connectivity index (χ4v) is 3.72. The first kappa shape index (κ1) is 15.5. The molecule has 0 aromatic carbocycles. The lowest BCUT2D eigenvalue weighted by Gasteiger charge is -2.23. The van der Waals surface area contributed by atoms with E-state index in [1.54, 1.807) is 0 Å². The van der Waals surface area contributed by atoms with Crippen molar-refractivity contribution in [2.24, 2.45) is 5.92 Å². The predicted molar refractivity (Wildman–Crippen MR) is 84.8 cm³/mol. The van der Waals surface area contributed by atoms with E-state index in [4.69, 9.17) is 0 Å². The van der Waals surface area contributed by atoms with E-state index in [9.17, 15) is 4.79 Å². The topological polar surface area (TPSA) is 71.8 Å². The van der Waals surface area contributed by atoms with Crippen molar-refractivity contribution >= 4 is 5.91 Å². The standard InChI is InChI=1S/C16H27N5O/c1-12-15(16(22)18-11-6-13-4-2-3-5-13)19-20-21(12)14-7-9-17-10-8-14/h13-14,17H,2-11H2,1H3,(H,18,22). The lowest BCUT2D eigenvalue weighted by atomic mass is 10.0. The van der Waals surface area contributed by atoms with Gasteiger partial charge in [-0.25, -0.2) is 4.68 Å². The minimum atomic E-state index is -0.0734. The zero-order valence-electron chi connectivity index (χ0n) is 13.5. The molecule has 6 nitrogen and oxygen atoms in total. The van der Waals surface area contributed by atoms with Crippen LogP contribution < -0.4 is 10.6 Å². The van der Waals surface area contributed by atoms with Crippen LogP contribution in [0.4, 0.5) is 0 Å². The Labute approximate surface area is 132 Å². The van der Waals surface area contributed by atoms with Crippen molar-refractivity contribution in [2.75, 3.05) is 19.6 Å². The maximum absolute atomic E-state index is 12.3. The minimum Gasteiger partial charge on any atom is -0.351 e. The summed E-state index contributed by atoms with van der Waals surface area (Å²) in [6.07, 6.45) is 8.53. The number of nitrogens with one attached hydrogen (secondary N) is 2. The van der Waals surface area contributed by atoms with Crippen LogP contribution in [0.3, 0.4) is 0 Å². The Morgan fingerprint density at radius 3 is 2.73 bits per heavy atom. The zero-order valence-corrected chi connectivity index (χ0v) is 13.5. The summed E-state index contributed by atoms with van der Waals surface area (Å²) in [5.74, 6) is 0.725. The Morgan fingerprint density at radius 1 is 1.27 bits per heavy atom. The molecule has 6 heteroatoms. The average Bonchev–Trinajstić information content (AvgIpc) is 3.18. The molecule has 2 heterocycles. The summed E-state index contributed by atoms with van der Waals surface area (Å²) in [4.78, 5) is 12.3. The molecular formula is C16H27N5O. The van der Waals surface area contributed by atoms with Crippen molar-refractivity contribution in [1.82, 2.24) is 25.6 Å². The van der Waals surface area contributed by atoms with E-state index in [2.05, 4.69) is 20.9 Å². The second-order valence-corrected chi connectivity index (χ2v) is 6.64. The second-order valence-electron chi connectivity index (χ2n) is 6.64. The summed E-state index contributed by atoms with van der Waals surface area (Å²) in [5, 5.41) is 14.7. The Bertz CT molecular complexity index is 501. The maximum Gasteiger partial charge on any atom is 0.273 e. The number of piperidine rings is 1. The quantitative estimate of drug-likeness (QED) is 0.870. The van der Waals surface area contributed by atoms with Crippen LogP contribution in [0.2, 0.25) is 0 Å². The summed E-state index contributed by atoms with van der Waals surface area (Å²) < 4.78 is 1.94. The SMILES string of the molecule is Cc1c(C(=O)NCCC2CCCC2)nnn1C1CCNCC1. The normalized spacial score (nSPS) is 20.4. The highest BCUT2D eigenvalue weighted by Gasteiger charge is 2.23. The van der Waals surface area contributed by atoms with Gasteiger partial charge < -0.3 is 10.6 Å². The molecule has 0 bridgehead atoms. The highest BCUT2D eigenvalue weighted by Crippen LogP contribution is 2.27. The number of amides is 1.